The van der Waals surface area contributed by atoms with E-state index in [-0.39, 0.29) is 0 Å². The number of nitrogens with zero attached hydrogens (tertiary/aromatic N) is 5. The van der Waals surface area contributed by atoms with Crippen LogP contribution in [0.15, 0.2) is 132 Å². The Morgan fingerprint density at radius 3 is 1.30 bits per heavy atom. The highest BCUT2D eigenvalue weighted by Gasteiger charge is 2.16. The van der Waals surface area contributed by atoms with Crippen molar-refractivity contribution in [1.29, 1.82) is 21.0 Å². The minimum atomic E-state index is 0.433. The van der Waals surface area contributed by atoms with Gasteiger partial charge >= 0.3 is 0 Å². The second kappa shape index (κ2) is 11.5. The van der Waals surface area contributed by atoms with E-state index >= 15 is 0 Å². The fraction of sp³-hybridized carbons (Fsp3) is 0. The molecule has 0 aliphatic heterocycles. The highest BCUT2D eigenvalue weighted by atomic mass is 16.3. The lowest BCUT2D eigenvalue weighted by Crippen LogP contribution is -2.09. The topological polar surface area (TPSA) is 112 Å². The largest absolute Gasteiger partial charge is 0.456 e. The van der Waals surface area contributed by atoms with Crippen LogP contribution in [-0.2, 0) is 0 Å². The Kier molecular flexibility index (Phi) is 6.94. The highest BCUT2D eigenvalue weighted by Crippen LogP contribution is 2.40. The van der Waals surface area contributed by atoms with E-state index in [0.29, 0.717) is 22.3 Å². The average Bonchev–Trinajstić information content (AvgIpc) is 3.50. The van der Waals surface area contributed by atoms with Crippen LogP contribution in [0.4, 0.5) is 17.1 Å². The van der Waals surface area contributed by atoms with E-state index in [1.807, 2.05) is 78.9 Å². The summed E-state index contributed by atoms with van der Waals surface area (Å²) in [4.78, 5) is 2.15. The molecule has 7 rings (SSSR count). The monoisotopic (exact) mass is 587 g/mol. The van der Waals surface area contributed by atoms with Gasteiger partial charge in [0.15, 0.2) is 0 Å². The predicted octanol–water partition coefficient (Wildman–Crippen LogP) is 9.88. The van der Waals surface area contributed by atoms with E-state index in [2.05, 4.69) is 41.3 Å². The third-order valence-electron chi connectivity index (χ3n) is 7.92. The van der Waals surface area contributed by atoms with Crippen LogP contribution in [0.5, 0.6) is 0 Å². The summed E-state index contributed by atoms with van der Waals surface area (Å²) in [6.07, 6.45) is 0. The zero-order valence-corrected chi connectivity index (χ0v) is 24.3. The zero-order valence-electron chi connectivity index (χ0n) is 24.3. The van der Waals surface area contributed by atoms with Gasteiger partial charge in [-0.1, -0.05) is 42.5 Å². The quantitative estimate of drug-likeness (QED) is 0.198. The van der Waals surface area contributed by atoms with E-state index < -0.39 is 0 Å². The van der Waals surface area contributed by atoms with E-state index in [1.165, 1.54) is 0 Å². The molecular formula is C40H21N5O. The standard InChI is InChI=1S/C40H21N5O/c41-22-26-15-27(23-42)18-32(17-26)30-5-9-34(10-6-30)45(36-13-14-40-38(21-36)37-3-1-2-4-39(37)46-40)35-11-7-31(8-12-35)33-19-28(24-43)16-29(20-33)25-44/h1-21H. The molecule has 0 fully saturated rings. The lowest BCUT2D eigenvalue weighted by atomic mass is 9.99. The van der Waals surface area contributed by atoms with E-state index in [1.54, 1.807) is 36.4 Å². The molecular weight excluding hydrogens is 566 g/mol. The lowest BCUT2D eigenvalue weighted by Gasteiger charge is -2.26. The van der Waals surface area contributed by atoms with Crippen LogP contribution in [0, 0.1) is 45.3 Å². The molecule has 0 radical (unpaired) electrons. The summed E-state index contributed by atoms with van der Waals surface area (Å²) >= 11 is 0. The molecule has 0 saturated carbocycles. The molecule has 6 nitrogen and oxygen atoms in total. The zero-order chi connectivity index (χ0) is 31.6. The van der Waals surface area contributed by atoms with Crippen molar-refractivity contribution in [2.45, 2.75) is 0 Å². The second-order valence-corrected chi connectivity index (χ2v) is 10.8. The fourth-order valence-electron chi connectivity index (χ4n) is 5.75. The average molecular weight is 588 g/mol. The van der Waals surface area contributed by atoms with Gasteiger partial charge in [-0.15, -0.1) is 0 Å². The molecule has 0 atom stereocenters. The molecule has 1 aromatic heterocycles. The summed E-state index contributed by atoms with van der Waals surface area (Å²) < 4.78 is 6.09. The second-order valence-electron chi connectivity index (χ2n) is 10.8. The molecule has 6 heteroatoms. The Balaban J connectivity index is 1.34. The smallest absolute Gasteiger partial charge is 0.135 e. The van der Waals surface area contributed by atoms with Gasteiger partial charge in [0.05, 0.1) is 46.5 Å². The van der Waals surface area contributed by atoms with Crippen molar-refractivity contribution in [2.24, 2.45) is 0 Å². The Morgan fingerprint density at radius 1 is 0.391 bits per heavy atom. The van der Waals surface area contributed by atoms with Gasteiger partial charge in [0.25, 0.3) is 0 Å². The number of para-hydroxylation sites is 1. The highest BCUT2D eigenvalue weighted by molar-refractivity contribution is 6.06. The number of nitriles is 4. The molecule has 0 saturated heterocycles. The van der Waals surface area contributed by atoms with E-state index in [9.17, 15) is 21.0 Å². The number of hydrogen-bond acceptors (Lipinski definition) is 6. The van der Waals surface area contributed by atoms with E-state index in [0.717, 1.165) is 61.3 Å². The number of furan rings is 1. The first-order valence-corrected chi connectivity index (χ1v) is 14.4. The van der Waals surface area contributed by atoms with Crippen LogP contribution < -0.4 is 4.90 Å². The van der Waals surface area contributed by atoms with Crippen LogP contribution in [0.25, 0.3) is 44.2 Å². The maximum Gasteiger partial charge on any atom is 0.135 e. The number of anilines is 3. The lowest BCUT2D eigenvalue weighted by molar-refractivity contribution is 0.669. The number of rotatable bonds is 5. The van der Waals surface area contributed by atoms with Gasteiger partial charge in [-0.05, 0) is 107 Å². The molecule has 1 heterocycles. The van der Waals surface area contributed by atoms with Crippen molar-refractivity contribution < 1.29 is 4.42 Å². The third-order valence-corrected chi connectivity index (χ3v) is 7.92. The van der Waals surface area contributed by atoms with Crippen LogP contribution in [0.2, 0.25) is 0 Å². The van der Waals surface area contributed by atoms with Gasteiger partial charge in [-0.2, -0.15) is 21.0 Å². The molecule has 0 amide bonds. The van der Waals surface area contributed by atoms with E-state index in [4.69, 9.17) is 4.42 Å². The van der Waals surface area contributed by atoms with Gasteiger partial charge in [-0.25, -0.2) is 0 Å². The number of hydrogen-bond donors (Lipinski definition) is 0. The maximum absolute atomic E-state index is 9.47. The van der Waals surface area contributed by atoms with Crippen LogP contribution in [-0.4, -0.2) is 0 Å². The number of fused-ring (bicyclic) bond motifs is 3. The summed E-state index contributed by atoms with van der Waals surface area (Å²) in [7, 11) is 0. The van der Waals surface area contributed by atoms with Crippen LogP contribution >= 0.6 is 0 Å². The Hall–Kier alpha value is -7.12. The predicted molar refractivity (Wildman–Crippen MR) is 178 cm³/mol. The van der Waals surface area contributed by atoms with Crippen molar-refractivity contribution >= 4 is 39.0 Å². The van der Waals surface area contributed by atoms with Gasteiger partial charge in [-0.3, -0.25) is 0 Å². The summed E-state index contributed by atoms with van der Waals surface area (Å²) in [5, 5.41) is 39.9. The Morgan fingerprint density at radius 2 is 0.826 bits per heavy atom. The molecule has 0 aliphatic rings. The maximum atomic E-state index is 9.47. The van der Waals surface area contributed by atoms with Crippen LogP contribution in [0.3, 0.4) is 0 Å². The normalized spacial score (nSPS) is 10.5. The van der Waals surface area contributed by atoms with Gasteiger partial charge < -0.3 is 9.32 Å². The Bertz CT molecular complexity index is 2280. The molecule has 0 N–H and O–H groups in total. The SMILES string of the molecule is N#Cc1cc(C#N)cc(-c2ccc(N(c3ccc(-c4cc(C#N)cc(C#N)c4)cc3)c3ccc4oc5ccccc5c4c3)cc2)c1. The first-order valence-electron chi connectivity index (χ1n) is 14.4. The van der Waals surface area contributed by atoms with Gasteiger partial charge in [0, 0.05) is 27.8 Å². The number of benzene rings is 6. The molecule has 7 aromatic rings. The van der Waals surface area contributed by atoms with Crippen LogP contribution in [0.1, 0.15) is 22.3 Å². The minimum absolute atomic E-state index is 0.433. The fourth-order valence-corrected chi connectivity index (χ4v) is 5.75. The van der Waals surface area contributed by atoms with Gasteiger partial charge in [0.2, 0.25) is 0 Å². The molecule has 0 spiro atoms. The van der Waals surface area contributed by atoms with Crippen molar-refractivity contribution in [1.82, 2.24) is 0 Å². The molecule has 212 valence electrons. The van der Waals surface area contributed by atoms with Crippen molar-refractivity contribution in [2.75, 3.05) is 4.90 Å². The first kappa shape index (κ1) is 27.7. The Labute approximate surface area is 265 Å². The molecule has 0 aliphatic carbocycles. The summed E-state index contributed by atoms with van der Waals surface area (Å²) in [6, 6.07) is 48.9. The third kappa shape index (κ3) is 5.06. The summed E-state index contributed by atoms with van der Waals surface area (Å²) in [5.41, 5.74) is 9.43. The van der Waals surface area contributed by atoms with Gasteiger partial charge in [0.1, 0.15) is 11.2 Å². The minimum Gasteiger partial charge on any atom is -0.456 e. The molecule has 6 aromatic carbocycles. The molecule has 0 bridgehead atoms. The molecule has 0 unspecified atom stereocenters. The summed E-state index contributed by atoms with van der Waals surface area (Å²) in [6.45, 7) is 0. The molecule has 46 heavy (non-hydrogen) atoms. The van der Waals surface area contributed by atoms with Crippen molar-refractivity contribution in [3.63, 3.8) is 0 Å². The van der Waals surface area contributed by atoms with Crippen molar-refractivity contribution in [3.05, 3.63) is 150 Å². The summed E-state index contributed by atoms with van der Waals surface area (Å²) in [5.74, 6) is 0. The van der Waals surface area contributed by atoms with Crippen molar-refractivity contribution in [3.8, 4) is 46.5 Å². The first-order chi connectivity index (χ1) is 22.6.